The first-order valence-corrected chi connectivity index (χ1v) is 12.4. The Bertz CT molecular complexity index is 1190. The summed E-state index contributed by atoms with van der Waals surface area (Å²) in [4.78, 5) is 22.6. The SMILES string of the molecule is CCOC(=O)C1=C(CN2CC(F)(F)C(O)C(F)(F)C2)NC(c2nccs2)=NC1c1ccc(F)cc1Br. The van der Waals surface area contributed by atoms with Gasteiger partial charge >= 0.3 is 5.97 Å². The molecule has 1 aromatic heterocycles. The largest absolute Gasteiger partial charge is 0.463 e. The number of piperidine rings is 1. The number of esters is 1. The molecule has 1 saturated heterocycles. The standard InChI is InChI=1S/C22H20BrF5N4O3S/c1-2-35-19(33)15-14(8-32-9-21(25,26)20(34)22(27,28)10-32)30-17(18-29-5-6-36-18)31-16(15)12-4-3-11(24)7-13(12)23/h3-7,16,20,34H,2,8-10H2,1H3,(H,30,31). The molecule has 4 rings (SSSR count). The van der Waals surface area contributed by atoms with Crippen LogP contribution in [0.2, 0.25) is 0 Å². The minimum Gasteiger partial charge on any atom is -0.463 e. The number of hydrogen-bond acceptors (Lipinski definition) is 8. The van der Waals surface area contributed by atoms with Crippen LogP contribution in [0.5, 0.6) is 0 Å². The van der Waals surface area contributed by atoms with Crippen LogP contribution >= 0.6 is 27.3 Å². The van der Waals surface area contributed by atoms with Gasteiger partial charge in [0.25, 0.3) is 11.8 Å². The summed E-state index contributed by atoms with van der Waals surface area (Å²) >= 11 is 4.47. The number of aromatic nitrogens is 1. The number of rotatable bonds is 6. The van der Waals surface area contributed by atoms with Crippen LogP contribution in [0.25, 0.3) is 0 Å². The Labute approximate surface area is 214 Å². The lowest BCUT2D eigenvalue weighted by Gasteiger charge is -2.41. The minimum atomic E-state index is -4.09. The van der Waals surface area contributed by atoms with Crippen LogP contribution in [0.15, 0.2) is 50.5 Å². The number of carbonyl (C=O) groups excluding carboxylic acids is 1. The quantitative estimate of drug-likeness (QED) is 0.390. The van der Waals surface area contributed by atoms with Crippen LogP contribution in [-0.4, -0.2) is 71.0 Å². The number of thiazole rings is 1. The summed E-state index contributed by atoms with van der Waals surface area (Å²) in [5.41, 5.74) is 0.248. The summed E-state index contributed by atoms with van der Waals surface area (Å²) in [7, 11) is 0. The number of aliphatic hydroxyl groups excluding tert-OH is 1. The third-order valence-electron chi connectivity index (χ3n) is 5.56. The third kappa shape index (κ3) is 5.31. The zero-order valence-corrected chi connectivity index (χ0v) is 21.1. The first kappa shape index (κ1) is 26.6. The van der Waals surface area contributed by atoms with Crippen LogP contribution in [0.4, 0.5) is 22.0 Å². The van der Waals surface area contributed by atoms with Crippen molar-refractivity contribution in [3.63, 3.8) is 0 Å². The number of alkyl halides is 4. The van der Waals surface area contributed by atoms with Gasteiger partial charge in [-0.1, -0.05) is 22.0 Å². The Morgan fingerprint density at radius 1 is 1.31 bits per heavy atom. The second kappa shape index (κ2) is 10.1. The molecule has 0 radical (unpaired) electrons. The van der Waals surface area contributed by atoms with E-state index >= 15 is 0 Å². The van der Waals surface area contributed by atoms with E-state index in [2.05, 4.69) is 31.2 Å². The van der Waals surface area contributed by atoms with Crippen LogP contribution in [0, 0.1) is 5.82 Å². The highest BCUT2D eigenvalue weighted by Crippen LogP contribution is 2.40. The lowest BCUT2D eigenvalue weighted by atomic mass is 9.94. The lowest BCUT2D eigenvalue weighted by Crippen LogP contribution is -2.63. The van der Waals surface area contributed by atoms with E-state index in [0.717, 1.165) is 11.0 Å². The molecule has 14 heteroatoms. The van der Waals surface area contributed by atoms with E-state index < -0.39 is 55.4 Å². The van der Waals surface area contributed by atoms with Crippen molar-refractivity contribution in [1.29, 1.82) is 0 Å². The zero-order valence-electron chi connectivity index (χ0n) is 18.7. The molecule has 2 aliphatic rings. The fraction of sp³-hybridized carbons (Fsp3) is 0.409. The van der Waals surface area contributed by atoms with Crippen LogP contribution in [-0.2, 0) is 9.53 Å². The first-order chi connectivity index (χ1) is 16.9. The van der Waals surface area contributed by atoms with Crippen LogP contribution < -0.4 is 5.32 Å². The molecule has 7 nitrogen and oxygen atoms in total. The van der Waals surface area contributed by atoms with E-state index in [1.165, 1.54) is 29.7 Å². The van der Waals surface area contributed by atoms with Gasteiger partial charge in [0.1, 0.15) is 11.9 Å². The first-order valence-electron chi connectivity index (χ1n) is 10.7. The second-order valence-corrected chi connectivity index (χ2v) is 9.94. The number of likely N-dealkylation sites (tertiary alicyclic amines) is 1. The maximum atomic E-state index is 14.2. The molecular weight excluding hydrogens is 575 g/mol. The van der Waals surface area contributed by atoms with Gasteiger partial charge in [0.15, 0.2) is 16.9 Å². The van der Waals surface area contributed by atoms with Crippen molar-refractivity contribution in [2.75, 3.05) is 26.2 Å². The lowest BCUT2D eigenvalue weighted by molar-refractivity contribution is -0.252. The number of nitrogens with zero attached hydrogens (tertiary/aromatic N) is 3. The van der Waals surface area contributed by atoms with Crippen molar-refractivity contribution in [1.82, 2.24) is 15.2 Å². The molecule has 0 aliphatic carbocycles. The van der Waals surface area contributed by atoms with Crippen molar-refractivity contribution in [2.24, 2.45) is 4.99 Å². The molecule has 194 valence electrons. The number of halogens is 6. The highest BCUT2D eigenvalue weighted by molar-refractivity contribution is 9.10. The maximum Gasteiger partial charge on any atom is 0.338 e. The molecule has 0 bridgehead atoms. The van der Waals surface area contributed by atoms with E-state index in [-0.39, 0.29) is 28.2 Å². The molecule has 2 aliphatic heterocycles. The van der Waals surface area contributed by atoms with Crippen molar-refractivity contribution < 1.29 is 36.6 Å². The van der Waals surface area contributed by atoms with Crippen LogP contribution in [0.1, 0.15) is 23.5 Å². The van der Waals surface area contributed by atoms with E-state index in [0.29, 0.717) is 10.6 Å². The van der Waals surface area contributed by atoms with Crippen molar-refractivity contribution in [3.8, 4) is 0 Å². The molecular formula is C22H20BrF5N4O3S. The monoisotopic (exact) mass is 594 g/mol. The number of aliphatic hydroxyl groups is 1. The molecule has 0 saturated carbocycles. The molecule has 0 spiro atoms. The topological polar surface area (TPSA) is 87.0 Å². The number of aliphatic imine (C=N–C) groups is 1. The Morgan fingerprint density at radius 3 is 2.58 bits per heavy atom. The smallest absolute Gasteiger partial charge is 0.338 e. The summed E-state index contributed by atoms with van der Waals surface area (Å²) in [5.74, 6) is -9.41. The van der Waals surface area contributed by atoms with Gasteiger partial charge in [-0.2, -0.15) is 0 Å². The van der Waals surface area contributed by atoms with Gasteiger partial charge in [-0.05, 0) is 24.6 Å². The highest BCUT2D eigenvalue weighted by atomic mass is 79.9. The van der Waals surface area contributed by atoms with Gasteiger partial charge < -0.3 is 15.2 Å². The number of carbonyl (C=O) groups is 1. The molecule has 2 aromatic rings. The van der Waals surface area contributed by atoms with E-state index in [9.17, 15) is 31.9 Å². The van der Waals surface area contributed by atoms with Crippen molar-refractivity contribution in [2.45, 2.75) is 30.9 Å². The molecule has 0 amide bonds. The molecule has 36 heavy (non-hydrogen) atoms. The predicted octanol–water partition coefficient (Wildman–Crippen LogP) is 3.90. The molecule has 1 aromatic carbocycles. The van der Waals surface area contributed by atoms with Gasteiger partial charge in [-0.3, -0.25) is 9.89 Å². The van der Waals surface area contributed by atoms with E-state index in [1.54, 1.807) is 12.3 Å². The Morgan fingerprint density at radius 2 is 2.00 bits per heavy atom. The van der Waals surface area contributed by atoms with Gasteiger partial charge in [-0.25, -0.2) is 31.7 Å². The molecule has 1 atom stereocenters. The van der Waals surface area contributed by atoms with Gasteiger partial charge in [0.2, 0.25) is 0 Å². The summed E-state index contributed by atoms with van der Waals surface area (Å²) in [5, 5.41) is 14.4. The number of hydrogen-bond donors (Lipinski definition) is 2. The third-order valence-corrected chi connectivity index (χ3v) is 7.03. The second-order valence-electron chi connectivity index (χ2n) is 8.19. The molecule has 3 heterocycles. The predicted molar refractivity (Wildman–Crippen MR) is 125 cm³/mol. The van der Waals surface area contributed by atoms with Crippen molar-refractivity contribution >= 4 is 39.1 Å². The van der Waals surface area contributed by atoms with E-state index in [4.69, 9.17) is 4.74 Å². The maximum absolute atomic E-state index is 14.2. The zero-order chi connectivity index (χ0) is 26.3. The van der Waals surface area contributed by atoms with Gasteiger partial charge in [0, 0.05) is 28.3 Å². The molecule has 1 fully saturated rings. The summed E-state index contributed by atoms with van der Waals surface area (Å²) in [6.45, 7) is -1.33. The Balaban J connectivity index is 1.82. The fourth-order valence-electron chi connectivity index (χ4n) is 4.04. The minimum absolute atomic E-state index is 0.00198. The average Bonchev–Trinajstić information content (AvgIpc) is 3.32. The van der Waals surface area contributed by atoms with Gasteiger partial charge in [0.05, 0.1) is 25.3 Å². The summed E-state index contributed by atoms with van der Waals surface area (Å²) < 4.78 is 76.2. The molecule has 1 unspecified atom stereocenters. The Hall–Kier alpha value is -2.42. The normalized spacial score (nSPS) is 22.2. The average molecular weight is 595 g/mol. The summed E-state index contributed by atoms with van der Waals surface area (Å²) in [6.07, 6.45) is -1.63. The summed E-state index contributed by atoms with van der Waals surface area (Å²) in [6, 6.07) is 2.64. The highest BCUT2D eigenvalue weighted by Gasteiger charge is 2.59. The van der Waals surface area contributed by atoms with Crippen LogP contribution in [0.3, 0.4) is 0 Å². The number of ether oxygens (including phenoxy) is 1. The number of benzene rings is 1. The molecule has 2 N–H and O–H groups in total. The van der Waals surface area contributed by atoms with Crippen molar-refractivity contribution in [3.05, 3.63) is 61.9 Å². The number of nitrogens with one attached hydrogen (secondary N) is 1. The number of amidine groups is 1. The van der Waals surface area contributed by atoms with E-state index in [1.807, 2.05) is 0 Å². The van der Waals surface area contributed by atoms with Gasteiger partial charge in [-0.15, -0.1) is 11.3 Å². The fourth-order valence-corrected chi connectivity index (χ4v) is 5.19. The Kier molecular flexibility index (Phi) is 7.51.